The molecule has 0 aliphatic rings. The maximum absolute atomic E-state index is 13.1. The third kappa shape index (κ3) is 3.53. The van der Waals surface area contributed by atoms with Gasteiger partial charge in [-0.05, 0) is 39.8 Å². The predicted molar refractivity (Wildman–Crippen MR) is 69.8 cm³/mol. The van der Waals surface area contributed by atoms with Crippen molar-refractivity contribution in [2.24, 2.45) is 0 Å². The van der Waals surface area contributed by atoms with Gasteiger partial charge in [0, 0.05) is 17.2 Å². The first-order valence-corrected chi connectivity index (χ1v) is 6.06. The molecule has 0 fully saturated rings. The maximum atomic E-state index is 13.1. The molecule has 110 valence electrons. The molecule has 1 amide bonds. The van der Waals surface area contributed by atoms with Gasteiger partial charge in [-0.3, -0.25) is 9.69 Å². The van der Waals surface area contributed by atoms with Crippen molar-refractivity contribution in [2.75, 3.05) is 0 Å². The van der Waals surface area contributed by atoms with Crippen LogP contribution in [0.15, 0.2) is 18.2 Å². The summed E-state index contributed by atoms with van der Waals surface area (Å²) in [4.78, 5) is 24.4. The summed E-state index contributed by atoms with van der Waals surface area (Å²) in [6, 6.07) is 1.39. The standard InChI is InChI=1S/C14H17F2NO3/c1-8(17(13(19)20)14(2,3)4)12(18)9-5-10(15)7-11(16)6-9/h5-8H,1-4H3,(H,19,20). The Morgan fingerprint density at radius 1 is 1.15 bits per heavy atom. The zero-order valence-electron chi connectivity index (χ0n) is 11.8. The Balaban J connectivity index is 3.15. The van der Waals surface area contributed by atoms with Crippen LogP contribution < -0.4 is 0 Å². The van der Waals surface area contributed by atoms with Crippen molar-refractivity contribution in [3.63, 3.8) is 0 Å². The second kappa shape index (κ2) is 5.56. The Kier molecular flexibility index (Phi) is 4.47. The van der Waals surface area contributed by atoms with Gasteiger partial charge in [-0.2, -0.15) is 0 Å². The third-order valence-corrected chi connectivity index (χ3v) is 2.84. The van der Waals surface area contributed by atoms with E-state index in [1.54, 1.807) is 20.8 Å². The summed E-state index contributed by atoms with van der Waals surface area (Å²) in [6.07, 6.45) is -1.27. The normalized spacial score (nSPS) is 12.9. The highest BCUT2D eigenvalue weighted by Gasteiger charge is 2.35. The number of hydrogen-bond donors (Lipinski definition) is 1. The van der Waals surface area contributed by atoms with Crippen LogP contribution >= 0.6 is 0 Å². The van der Waals surface area contributed by atoms with E-state index in [-0.39, 0.29) is 5.56 Å². The molecule has 0 aromatic heterocycles. The maximum Gasteiger partial charge on any atom is 0.408 e. The van der Waals surface area contributed by atoms with Crippen molar-refractivity contribution in [3.05, 3.63) is 35.4 Å². The van der Waals surface area contributed by atoms with Gasteiger partial charge in [0.1, 0.15) is 11.6 Å². The number of benzene rings is 1. The van der Waals surface area contributed by atoms with Crippen molar-refractivity contribution in [1.82, 2.24) is 4.90 Å². The van der Waals surface area contributed by atoms with Crippen LogP contribution in [-0.2, 0) is 0 Å². The molecule has 20 heavy (non-hydrogen) atoms. The van der Waals surface area contributed by atoms with Crippen molar-refractivity contribution in [1.29, 1.82) is 0 Å². The van der Waals surface area contributed by atoms with E-state index in [0.717, 1.165) is 17.0 Å². The number of Topliss-reactive ketones (excluding diaryl/α,β-unsaturated/α-hetero) is 1. The van der Waals surface area contributed by atoms with E-state index in [1.807, 2.05) is 0 Å². The highest BCUT2D eigenvalue weighted by molar-refractivity contribution is 6.01. The van der Waals surface area contributed by atoms with Crippen LogP contribution in [0.3, 0.4) is 0 Å². The van der Waals surface area contributed by atoms with Gasteiger partial charge in [0.15, 0.2) is 5.78 Å². The average molecular weight is 285 g/mol. The lowest BCUT2D eigenvalue weighted by atomic mass is 9.98. The Labute approximate surface area is 116 Å². The minimum absolute atomic E-state index is 0.189. The summed E-state index contributed by atoms with van der Waals surface area (Å²) >= 11 is 0. The van der Waals surface area contributed by atoms with E-state index in [4.69, 9.17) is 0 Å². The van der Waals surface area contributed by atoms with E-state index in [2.05, 4.69) is 0 Å². The van der Waals surface area contributed by atoms with Gasteiger partial charge in [0.05, 0.1) is 6.04 Å². The molecule has 0 saturated carbocycles. The number of rotatable bonds is 3. The van der Waals surface area contributed by atoms with Crippen LogP contribution in [0.1, 0.15) is 38.1 Å². The van der Waals surface area contributed by atoms with E-state index >= 15 is 0 Å². The molecule has 1 N–H and O–H groups in total. The van der Waals surface area contributed by atoms with Crippen LogP contribution in [-0.4, -0.2) is 33.5 Å². The monoisotopic (exact) mass is 285 g/mol. The molecule has 0 saturated heterocycles. The second-order valence-electron chi connectivity index (χ2n) is 5.52. The lowest BCUT2D eigenvalue weighted by Crippen LogP contribution is -2.52. The Bertz CT molecular complexity index is 517. The zero-order chi connectivity index (χ0) is 15.7. The molecule has 0 spiro atoms. The van der Waals surface area contributed by atoms with Crippen LogP contribution in [0.5, 0.6) is 0 Å². The van der Waals surface area contributed by atoms with Crippen LogP contribution in [0.25, 0.3) is 0 Å². The number of carbonyl (C=O) groups is 2. The molecular weight excluding hydrogens is 268 g/mol. The molecule has 1 aromatic rings. The predicted octanol–water partition coefficient (Wildman–Crippen LogP) is 3.31. The Morgan fingerprint density at radius 3 is 1.95 bits per heavy atom. The number of amides is 1. The Hall–Kier alpha value is -1.98. The van der Waals surface area contributed by atoms with Crippen molar-refractivity contribution in [2.45, 2.75) is 39.3 Å². The molecule has 0 radical (unpaired) electrons. The minimum Gasteiger partial charge on any atom is -0.465 e. The first-order chi connectivity index (χ1) is 9.04. The second-order valence-corrected chi connectivity index (χ2v) is 5.52. The zero-order valence-corrected chi connectivity index (χ0v) is 11.8. The van der Waals surface area contributed by atoms with Crippen molar-refractivity contribution >= 4 is 11.9 Å². The van der Waals surface area contributed by atoms with Gasteiger partial charge in [-0.1, -0.05) is 0 Å². The van der Waals surface area contributed by atoms with Gasteiger partial charge in [-0.25, -0.2) is 13.6 Å². The van der Waals surface area contributed by atoms with Gasteiger partial charge in [0.2, 0.25) is 0 Å². The quantitative estimate of drug-likeness (QED) is 0.867. The summed E-state index contributed by atoms with van der Waals surface area (Å²) in [5.41, 5.74) is -1.00. The molecule has 0 aliphatic carbocycles. The molecular formula is C14H17F2NO3. The van der Waals surface area contributed by atoms with E-state index in [1.165, 1.54) is 6.92 Å². The van der Waals surface area contributed by atoms with E-state index in [9.17, 15) is 23.5 Å². The summed E-state index contributed by atoms with van der Waals surface area (Å²) < 4.78 is 26.2. The van der Waals surface area contributed by atoms with Crippen LogP contribution in [0.2, 0.25) is 0 Å². The van der Waals surface area contributed by atoms with E-state index in [0.29, 0.717) is 6.07 Å². The number of hydrogen-bond acceptors (Lipinski definition) is 2. The SMILES string of the molecule is CC(C(=O)c1cc(F)cc(F)c1)N(C(=O)O)C(C)(C)C. The fourth-order valence-electron chi connectivity index (χ4n) is 2.09. The molecule has 1 rings (SSSR count). The third-order valence-electron chi connectivity index (χ3n) is 2.84. The molecule has 1 atom stereocenters. The smallest absolute Gasteiger partial charge is 0.408 e. The fraction of sp³-hybridized carbons (Fsp3) is 0.429. The summed E-state index contributed by atoms with van der Waals surface area (Å²) in [7, 11) is 0. The number of carboxylic acid groups (broad SMARTS) is 1. The lowest BCUT2D eigenvalue weighted by Gasteiger charge is -2.37. The van der Waals surface area contributed by atoms with Gasteiger partial charge in [0.25, 0.3) is 0 Å². The van der Waals surface area contributed by atoms with E-state index < -0.39 is 35.1 Å². The molecule has 0 aliphatic heterocycles. The lowest BCUT2D eigenvalue weighted by molar-refractivity contribution is 0.0588. The van der Waals surface area contributed by atoms with Gasteiger partial charge >= 0.3 is 6.09 Å². The minimum atomic E-state index is -1.27. The number of halogens is 2. The fourth-order valence-corrected chi connectivity index (χ4v) is 2.09. The molecule has 6 heteroatoms. The Morgan fingerprint density at radius 2 is 1.60 bits per heavy atom. The molecule has 0 bridgehead atoms. The average Bonchev–Trinajstić information content (AvgIpc) is 2.23. The first-order valence-electron chi connectivity index (χ1n) is 6.06. The van der Waals surface area contributed by atoms with Crippen molar-refractivity contribution in [3.8, 4) is 0 Å². The van der Waals surface area contributed by atoms with Crippen LogP contribution in [0, 0.1) is 11.6 Å². The summed E-state index contributed by atoms with van der Waals surface area (Å²) in [6.45, 7) is 6.30. The summed E-state index contributed by atoms with van der Waals surface area (Å²) in [5.74, 6) is -2.41. The number of ketones is 1. The molecule has 1 aromatic carbocycles. The van der Waals surface area contributed by atoms with Gasteiger partial charge in [-0.15, -0.1) is 0 Å². The van der Waals surface area contributed by atoms with Crippen molar-refractivity contribution < 1.29 is 23.5 Å². The first kappa shape index (κ1) is 16.1. The van der Waals surface area contributed by atoms with Gasteiger partial charge < -0.3 is 5.11 Å². The summed E-state index contributed by atoms with van der Waals surface area (Å²) in [5, 5.41) is 9.21. The highest BCUT2D eigenvalue weighted by Crippen LogP contribution is 2.21. The topological polar surface area (TPSA) is 57.6 Å². The molecule has 1 unspecified atom stereocenters. The largest absolute Gasteiger partial charge is 0.465 e. The number of nitrogens with zero attached hydrogens (tertiary/aromatic N) is 1. The molecule has 4 nitrogen and oxygen atoms in total. The van der Waals surface area contributed by atoms with Crippen LogP contribution in [0.4, 0.5) is 13.6 Å². The highest BCUT2D eigenvalue weighted by atomic mass is 19.1. The molecule has 0 heterocycles. The number of carbonyl (C=O) groups excluding carboxylic acids is 1.